The van der Waals surface area contributed by atoms with Gasteiger partial charge in [0.25, 0.3) is 0 Å². The van der Waals surface area contributed by atoms with Gasteiger partial charge >= 0.3 is 5.97 Å². The van der Waals surface area contributed by atoms with E-state index >= 15 is 0 Å². The number of ether oxygens (including phenoxy) is 1. The molecule has 7 heteroatoms. The van der Waals surface area contributed by atoms with E-state index in [4.69, 9.17) is 0 Å². The van der Waals surface area contributed by atoms with Crippen molar-refractivity contribution >= 4 is 25.9 Å². The number of esters is 1. The van der Waals surface area contributed by atoms with Crippen LogP contribution >= 0.6 is 13.5 Å². The molecule has 0 saturated heterocycles. The number of halogens is 2. The Labute approximate surface area is 123 Å². The molecule has 1 aromatic carbocycles. The number of benzene rings is 1. The van der Waals surface area contributed by atoms with E-state index in [1.165, 1.54) is 18.1 Å². The molecule has 0 heterocycles. The Bertz CT molecular complexity index is 471. The third-order valence-corrected chi connectivity index (χ3v) is 2.79. The van der Waals surface area contributed by atoms with Crippen LogP contribution < -0.4 is 0 Å². The standard InChI is InChI=1S/C13H15F2NO3.H2S/c1-3-12(16(8-17)7-13(18)19-2)9-4-5-10(14)11(15)6-9;/h4-6,8,12H,3,7H2,1-2H3;1H2/t12-;/m0./s1. The highest BCUT2D eigenvalue weighted by molar-refractivity contribution is 7.59. The minimum absolute atomic E-state index is 0. The van der Waals surface area contributed by atoms with Gasteiger partial charge < -0.3 is 9.64 Å². The Kier molecular flexibility index (Phi) is 7.83. The Hall–Kier alpha value is -1.63. The van der Waals surface area contributed by atoms with Gasteiger partial charge in [-0.3, -0.25) is 9.59 Å². The minimum atomic E-state index is -0.986. The summed E-state index contributed by atoms with van der Waals surface area (Å²) in [5.41, 5.74) is 0.428. The van der Waals surface area contributed by atoms with Gasteiger partial charge in [-0.2, -0.15) is 13.5 Å². The van der Waals surface area contributed by atoms with E-state index in [9.17, 15) is 18.4 Å². The smallest absolute Gasteiger partial charge is 0.325 e. The van der Waals surface area contributed by atoms with Gasteiger partial charge in [-0.05, 0) is 24.1 Å². The fourth-order valence-electron chi connectivity index (χ4n) is 1.82. The lowest BCUT2D eigenvalue weighted by Crippen LogP contribution is -2.33. The van der Waals surface area contributed by atoms with Crippen LogP contribution in [0.5, 0.6) is 0 Å². The zero-order valence-corrected chi connectivity index (χ0v) is 12.2. The minimum Gasteiger partial charge on any atom is -0.468 e. The third-order valence-electron chi connectivity index (χ3n) is 2.79. The Morgan fingerprint density at radius 1 is 1.40 bits per heavy atom. The van der Waals surface area contributed by atoms with Crippen LogP contribution in [0.4, 0.5) is 8.78 Å². The summed E-state index contributed by atoms with van der Waals surface area (Å²) in [7, 11) is 1.21. The van der Waals surface area contributed by atoms with E-state index in [2.05, 4.69) is 4.74 Å². The largest absolute Gasteiger partial charge is 0.468 e. The predicted molar refractivity (Wildman–Crippen MR) is 74.6 cm³/mol. The summed E-state index contributed by atoms with van der Waals surface area (Å²) in [6.07, 6.45) is 0.952. The lowest BCUT2D eigenvalue weighted by molar-refractivity contribution is -0.145. The summed E-state index contributed by atoms with van der Waals surface area (Å²) >= 11 is 0. The monoisotopic (exact) mass is 305 g/mol. The highest BCUT2D eigenvalue weighted by Gasteiger charge is 2.21. The van der Waals surface area contributed by atoms with E-state index in [-0.39, 0.29) is 20.0 Å². The number of carbonyl (C=O) groups is 2. The van der Waals surface area contributed by atoms with Gasteiger partial charge in [-0.15, -0.1) is 0 Å². The number of rotatable bonds is 6. The summed E-state index contributed by atoms with van der Waals surface area (Å²) in [4.78, 5) is 23.4. The van der Waals surface area contributed by atoms with E-state index in [1.807, 2.05) is 0 Å². The lowest BCUT2D eigenvalue weighted by atomic mass is 10.0. The van der Waals surface area contributed by atoms with Crippen molar-refractivity contribution in [2.45, 2.75) is 19.4 Å². The molecular formula is C13H17F2NO3S. The molecule has 0 aliphatic heterocycles. The first-order valence-corrected chi connectivity index (χ1v) is 5.76. The van der Waals surface area contributed by atoms with Gasteiger partial charge in [0.2, 0.25) is 6.41 Å². The molecule has 1 amide bonds. The van der Waals surface area contributed by atoms with E-state index in [0.29, 0.717) is 18.4 Å². The summed E-state index contributed by atoms with van der Waals surface area (Å²) in [5.74, 6) is -2.52. The first-order valence-electron chi connectivity index (χ1n) is 5.76. The molecule has 4 nitrogen and oxygen atoms in total. The van der Waals surface area contributed by atoms with Crippen LogP contribution in [0.1, 0.15) is 24.9 Å². The molecule has 0 fully saturated rings. The second-order valence-electron chi connectivity index (χ2n) is 3.95. The van der Waals surface area contributed by atoms with Gasteiger partial charge in [0.05, 0.1) is 13.2 Å². The molecule has 0 radical (unpaired) electrons. The molecule has 0 saturated carbocycles. The lowest BCUT2D eigenvalue weighted by Gasteiger charge is -2.26. The summed E-state index contributed by atoms with van der Waals surface area (Å²) in [5, 5.41) is 0. The van der Waals surface area contributed by atoms with Crippen molar-refractivity contribution in [3.05, 3.63) is 35.4 Å². The maximum atomic E-state index is 13.2. The molecule has 0 aliphatic carbocycles. The number of methoxy groups -OCH3 is 1. The van der Waals surface area contributed by atoms with E-state index < -0.39 is 23.6 Å². The van der Waals surface area contributed by atoms with Gasteiger partial charge in [-0.1, -0.05) is 13.0 Å². The average molecular weight is 305 g/mol. The molecule has 1 atom stereocenters. The quantitative estimate of drug-likeness (QED) is 0.598. The van der Waals surface area contributed by atoms with Gasteiger partial charge in [-0.25, -0.2) is 8.78 Å². The second-order valence-corrected chi connectivity index (χ2v) is 3.95. The van der Waals surface area contributed by atoms with Crippen LogP contribution in [0.2, 0.25) is 0 Å². The molecule has 0 unspecified atom stereocenters. The number of hydrogen-bond donors (Lipinski definition) is 0. The molecule has 1 rings (SSSR count). The number of amides is 1. The summed E-state index contributed by atoms with van der Waals surface area (Å²) in [6.45, 7) is 1.54. The molecule has 1 aromatic rings. The molecule has 112 valence electrons. The van der Waals surface area contributed by atoms with Crippen molar-refractivity contribution in [2.75, 3.05) is 13.7 Å². The van der Waals surface area contributed by atoms with Crippen molar-refractivity contribution in [3.8, 4) is 0 Å². The zero-order chi connectivity index (χ0) is 14.4. The molecule has 0 spiro atoms. The first-order chi connectivity index (χ1) is 9.03. The van der Waals surface area contributed by atoms with Gasteiger partial charge in [0, 0.05) is 0 Å². The van der Waals surface area contributed by atoms with E-state index in [0.717, 1.165) is 12.1 Å². The average Bonchev–Trinajstić information content (AvgIpc) is 2.41. The Morgan fingerprint density at radius 2 is 2.05 bits per heavy atom. The number of nitrogens with zero attached hydrogens (tertiary/aromatic N) is 1. The van der Waals surface area contributed by atoms with Crippen LogP contribution in [0.15, 0.2) is 18.2 Å². The van der Waals surface area contributed by atoms with Crippen molar-refractivity contribution in [1.29, 1.82) is 0 Å². The van der Waals surface area contributed by atoms with Gasteiger partial charge in [0.15, 0.2) is 11.6 Å². The Morgan fingerprint density at radius 3 is 2.50 bits per heavy atom. The summed E-state index contributed by atoms with van der Waals surface area (Å²) < 4.78 is 30.6. The highest BCUT2D eigenvalue weighted by atomic mass is 32.1. The second kappa shape index (κ2) is 8.52. The maximum Gasteiger partial charge on any atom is 0.325 e. The zero-order valence-electron chi connectivity index (χ0n) is 11.2. The molecule has 0 aliphatic rings. The topological polar surface area (TPSA) is 46.6 Å². The fraction of sp³-hybridized carbons (Fsp3) is 0.385. The van der Waals surface area contributed by atoms with Crippen LogP contribution in [0.25, 0.3) is 0 Å². The van der Waals surface area contributed by atoms with Crippen LogP contribution in [0, 0.1) is 11.6 Å². The maximum absolute atomic E-state index is 13.2. The molecule has 20 heavy (non-hydrogen) atoms. The molecule has 0 N–H and O–H groups in total. The Balaban J connectivity index is 0.00000361. The van der Waals surface area contributed by atoms with Crippen LogP contribution in [-0.4, -0.2) is 30.9 Å². The number of carbonyl (C=O) groups excluding carboxylic acids is 2. The van der Waals surface area contributed by atoms with Gasteiger partial charge in [0.1, 0.15) is 6.54 Å². The predicted octanol–water partition coefficient (Wildman–Crippen LogP) is 2.16. The molecule has 0 bridgehead atoms. The van der Waals surface area contributed by atoms with Crippen LogP contribution in [0.3, 0.4) is 0 Å². The summed E-state index contributed by atoms with van der Waals surface area (Å²) in [6, 6.07) is 2.90. The van der Waals surface area contributed by atoms with E-state index in [1.54, 1.807) is 6.92 Å². The first kappa shape index (κ1) is 18.4. The molecular weight excluding hydrogens is 288 g/mol. The van der Waals surface area contributed by atoms with Crippen molar-refractivity contribution in [3.63, 3.8) is 0 Å². The van der Waals surface area contributed by atoms with Crippen molar-refractivity contribution in [2.24, 2.45) is 0 Å². The SMILES string of the molecule is CC[C@@H](c1ccc(F)c(F)c1)N(C=O)CC(=O)OC.S. The normalized spacial score (nSPS) is 11.2. The van der Waals surface area contributed by atoms with Crippen molar-refractivity contribution in [1.82, 2.24) is 4.90 Å². The fourth-order valence-corrected chi connectivity index (χ4v) is 1.82. The molecule has 0 aromatic heterocycles. The van der Waals surface area contributed by atoms with Crippen LogP contribution in [-0.2, 0) is 14.3 Å². The third kappa shape index (κ3) is 4.48. The highest BCUT2D eigenvalue weighted by Crippen LogP contribution is 2.24. The number of hydrogen-bond acceptors (Lipinski definition) is 3. The van der Waals surface area contributed by atoms with Crippen molar-refractivity contribution < 1.29 is 23.1 Å².